The van der Waals surface area contributed by atoms with E-state index in [4.69, 9.17) is 0 Å². The summed E-state index contributed by atoms with van der Waals surface area (Å²) in [6, 6.07) is 5.60. The Kier molecular flexibility index (Phi) is 6.93. The van der Waals surface area contributed by atoms with Crippen LogP contribution in [0, 0.1) is 21.4 Å². The standard InChI is InChI=1S/C20H29N3O4/c1-4-20(2,3)15-8-10-16(11-9-15)22-18(24)13-21-19(25)14-6-5-7-17(12-14)23(26)27/h5-7,12,15-16H,4,8-11,13H2,1-3H3,(H,21,25)(H,22,24). The van der Waals surface area contributed by atoms with Gasteiger partial charge in [0.1, 0.15) is 0 Å². The van der Waals surface area contributed by atoms with Crippen molar-refractivity contribution in [2.75, 3.05) is 6.54 Å². The van der Waals surface area contributed by atoms with E-state index in [1.165, 1.54) is 24.3 Å². The lowest BCUT2D eigenvalue weighted by Gasteiger charge is -2.39. The molecular formula is C20H29N3O4. The van der Waals surface area contributed by atoms with Gasteiger partial charge in [0, 0.05) is 23.7 Å². The molecule has 0 bridgehead atoms. The minimum Gasteiger partial charge on any atom is -0.352 e. The predicted octanol–water partition coefficient (Wildman–Crippen LogP) is 3.44. The highest BCUT2D eigenvalue weighted by molar-refractivity contribution is 5.96. The predicted molar refractivity (Wildman–Crippen MR) is 103 cm³/mol. The van der Waals surface area contributed by atoms with E-state index >= 15 is 0 Å². The maximum atomic E-state index is 12.1. The van der Waals surface area contributed by atoms with Crippen LogP contribution in [0.5, 0.6) is 0 Å². The van der Waals surface area contributed by atoms with E-state index in [2.05, 4.69) is 31.4 Å². The normalized spacial score (nSPS) is 20.0. The molecule has 2 rings (SSSR count). The molecule has 27 heavy (non-hydrogen) atoms. The first-order chi connectivity index (χ1) is 12.7. The van der Waals surface area contributed by atoms with E-state index in [0.717, 1.165) is 32.1 Å². The fraction of sp³-hybridized carbons (Fsp3) is 0.600. The fourth-order valence-corrected chi connectivity index (χ4v) is 3.61. The van der Waals surface area contributed by atoms with Gasteiger partial charge in [-0.2, -0.15) is 0 Å². The number of non-ortho nitro benzene ring substituents is 1. The second-order valence-electron chi connectivity index (χ2n) is 7.95. The lowest BCUT2D eigenvalue weighted by molar-refractivity contribution is -0.384. The van der Waals surface area contributed by atoms with E-state index in [1.807, 2.05) is 0 Å². The molecule has 0 spiro atoms. The molecule has 1 aromatic carbocycles. The summed E-state index contributed by atoms with van der Waals surface area (Å²) in [7, 11) is 0. The Balaban J connectivity index is 1.78. The Morgan fingerprint density at radius 2 is 1.89 bits per heavy atom. The number of nitro groups is 1. The highest BCUT2D eigenvalue weighted by atomic mass is 16.6. The van der Waals surface area contributed by atoms with Crippen molar-refractivity contribution in [2.45, 2.75) is 58.9 Å². The number of hydrogen-bond donors (Lipinski definition) is 2. The number of rotatable bonds is 7. The molecule has 0 unspecified atom stereocenters. The molecule has 0 saturated heterocycles. The Labute approximate surface area is 160 Å². The van der Waals surface area contributed by atoms with Crippen molar-refractivity contribution >= 4 is 17.5 Å². The lowest BCUT2D eigenvalue weighted by Crippen LogP contribution is -2.44. The molecule has 0 aliphatic heterocycles. The SMILES string of the molecule is CCC(C)(C)C1CCC(NC(=O)CNC(=O)c2cccc([N+](=O)[O-])c2)CC1. The van der Waals surface area contributed by atoms with Crippen molar-refractivity contribution in [3.8, 4) is 0 Å². The number of carbonyl (C=O) groups is 2. The third-order valence-corrected chi connectivity index (χ3v) is 5.84. The minimum atomic E-state index is -0.556. The smallest absolute Gasteiger partial charge is 0.270 e. The quantitative estimate of drug-likeness (QED) is 0.563. The summed E-state index contributed by atoms with van der Waals surface area (Å²) in [6.07, 6.45) is 5.27. The molecule has 1 saturated carbocycles. The average Bonchev–Trinajstić information content (AvgIpc) is 2.66. The molecule has 7 heteroatoms. The van der Waals surface area contributed by atoms with Gasteiger partial charge in [0.2, 0.25) is 5.91 Å². The zero-order chi connectivity index (χ0) is 20.0. The summed E-state index contributed by atoms with van der Waals surface area (Å²) in [5.74, 6) is -0.0431. The molecule has 2 amide bonds. The van der Waals surface area contributed by atoms with Gasteiger partial charge in [-0.25, -0.2) is 0 Å². The molecule has 2 N–H and O–H groups in total. The van der Waals surface area contributed by atoms with E-state index < -0.39 is 10.8 Å². The number of carbonyl (C=O) groups excluding carboxylic acids is 2. The molecule has 1 aliphatic rings. The monoisotopic (exact) mass is 375 g/mol. The third kappa shape index (κ3) is 5.77. The van der Waals surface area contributed by atoms with Gasteiger partial charge in [-0.1, -0.05) is 33.3 Å². The van der Waals surface area contributed by atoms with Gasteiger partial charge in [-0.15, -0.1) is 0 Å². The van der Waals surface area contributed by atoms with Crippen molar-refractivity contribution in [1.29, 1.82) is 0 Å². The number of nitro benzene ring substituents is 1. The highest BCUT2D eigenvalue weighted by Gasteiger charge is 2.32. The molecule has 1 fully saturated rings. The number of benzene rings is 1. The highest BCUT2D eigenvalue weighted by Crippen LogP contribution is 2.40. The van der Waals surface area contributed by atoms with Crippen molar-refractivity contribution in [3.05, 3.63) is 39.9 Å². The van der Waals surface area contributed by atoms with Crippen molar-refractivity contribution < 1.29 is 14.5 Å². The van der Waals surface area contributed by atoms with Crippen molar-refractivity contribution in [3.63, 3.8) is 0 Å². The summed E-state index contributed by atoms with van der Waals surface area (Å²) >= 11 is 0. The van der Waals surface area contributed by atoms with Crippen molar-refractivity contribution in [1.82, 2.24) is 10.6 Å². The first kappa shape index (κ1) is 20.9. The Morgan fingerprint density at radius 3 is 2.48 bits per heavy atom. The van der Waals surface area contributed by atoms with Crippen LogP contribution >= 0.6 is 0 Å². The van der Waals surface area contributed by atoms with E-state index in [9.17, 15) is 19.7 Å². The zero-order valence-electron chi connectivity index (χ0n) is 16.3. The van der Waals surface area contributed by atoms with Crippen LogP contribution in [-0.2, 0) is 4.79 Å². The van der Waals surface area contributed by atoms with Crippen LogP contribution in [0.3, 0.4) is 0 Å². The molecule has 7 nitrogen and oxygen atoms in total. The van der Waals surface area contributed by atoms with E-state index in [0.29, 0.717) is 11.3 Å². The maximum absolute atomic E-state index is 12.1. The maximum Gasteiger partial charge on any atom is 0.270 e. The molecule has 0 heterocycles. The molecular weight excluding hydrogens is 346 g/mol. The number of nitrogens with zero attached hydrogens (tertiary/aromatic N) is 1. The molecule has 0 aromatic heterocycles. The van der Waals surface area contributed by atoms with Crippen molar-refractivity contribution in [2.24, 2.45) is 11.3 Å². The first-order valence-electron chi connectivity index (χ1n) is 9.55. The summed E-state index contributed by atoms with van der Waals surface area (Å²) in [4.78, 5) is 34.4. The van der Waals surface area contributed by atoms with Crippen LogP contribution in [0.25, 0.3) is 0 Å². The van der Waals surface area contributed by atoms with Gasteiger partial charge in [-0.3, -0.25) is 19.7 Å². The van der Waals surface area contributed by atoms with Crippen LogP contribution < -0.4 is 10.6 Å². The number of hydrogen-bond acceptors (Lipinski definition) is 4. The summed E-state index contributed by atoms with van der Waals surface area (Å²) in [6.45, 7) is 6.69. The zero-order valence-corrected chi connectivity index (χ0v) is 16.3. The van der Waals surface area contributed by atoms with Gasteiger partial charge < -0.3 is 10.6 Å². The van der Waals surface area contributed by atoms with Crippen LogP contribution in [0.4, 0.5) is 5.69 Å². The van der Waals surface area contributed by atoms with Gasteiger partial charge in [0.25, 0.3) is 11.6 Å². The minimum absolute atomic E-state index is 0.137. The van der Waals surface area contributed by atoms with Gasteiger partial charge in [0.15, 0.2) is 0 Å². The van der Waals surface area contributed by atoms with Crippen LogP contribution in [-0.4, -0.2) is 29.3 Å². The van der Waals surface area contributed by atoms with Crippen LogP contribution in [0.15, 0.2) is 24.3 Å². The van der Waals surface area contributed by atoms with Gasteiger partial charge in [0.05, 0.1) is 11.5 Å². The largest absolute Gasteiger partial charge is 0.352 e. The Bertz CT molecular complexity index is 694. The summed E-state index contributed by atoms with van der Waals surface area (Å²) in [5.41, 5.74) is 0.347. The molecule has 1 aromatic rings. The summed E-state index contributed by atoms with van der Waals surface area (Å²) in [5, 5.41) is 16.3. The van der Waals surface area contributed by atoms with Crippen LogP contribution in [0.2, 0.25) is 0 Å². The molecule has 1 aliphatic carbocycles. The second-order valence-corrected chi connectivity index (χ2v) is 7.95. The fourth-order valence-electron chi connectivity index (χ4n) is 3.61. The number of nitrogens with one attached hydrogen (secondary N) is 2. The van der Waals surface area contributed by atoms with E-state index in [1.54, 1.807) is 0 Å². The lowest BCUT2D eigenvalue weighted by atomic mass is 9.69. The Hall–Kier alpha value is -2.44. The topological polar surface area (TPSA) is 101 Å². The first-order valence-corrected chi connectivity index (χ1v) is 9.55. The second kappa shape index (κ2) is 8.97. The molecule has 0 atom stereocenters. The van der Waals surface area contributed by atoms with Crippen LogP contribution in [0.1, 0.15) is 63.2 Å². The average molecular weight is 375 g/mol. The third-order valence-electron chi connectivity index (χ3n) is 5.84. The van der Waals surface area contributed by atoms with Gasteiger partial charge in [-0.05, 0) is 43.1 Å². The van der Waals surface area contributed by atoms with Gasteiger partial charge >= 0.3 is 0 Å². The van der Waals surface area contributed by atoms with E-state index in [-0.39, 0.29) is 29.7 Å². The molecule has 0 radical (unpaired) electrons. The molecule has 148 valence electrons. The summed E-state index contributed by atoms with van der Waals surface area (Å²) < 4.78 is 0. The number of amides is 2. The Morgan fingerprint density at radius 1 is 1.22 bits per heavy atom.